The predicted molar refractivity (Wildman–Crippen MR) is 163 cm³/mol. The summed E-state index contributed by atoms with van der Waals surface area (Å²) in [5.41, 5.74) is 2.95. The molecule has 8 rings (SSSR count). The molecule has 0 amide bonds. The zero-order chi connectivity index (χ0) is 33.1. The Balaban J connectivity index is 1.15. The maximum absolute atomic E-state index is 13.6. The third-order valence-electron chi connectivity index (χ3n) is 9.85. The standard InChI is InChI=1S/C35H36O13/c1-39-23-9-17(10-24(40-2)31(23)41-3)26-18-11-21-22(45-15-44-21)12-19(18)30(20-13-42-33(38)27(20)26)47-35-29(37)28(36)32-25(46-35)14-43-34(48-32)16-7-5-4-6-8-16/h4-12,20,25-30,32,34-37H,13-15H2,1-3H3/t20-,25-,26+,27-,28-,29+,30+,32-,34-,35+/m0/s1. The molecule has 0 bridgehead atoms. The van der Waals surface area contributed by atoms with Gasteiger partial charge in [0.15, 0.2) is 35.6 Å². The number of carbonyl (C=O) groups excluding carboxylic acids is 1. The summed E-state index contributed by atoms with van der Waals surface area (Å²) >= 11 is 0. The number of hydrogen-bond acceptors (Lipinski definition) is 13. The van der Waals surface area contributed by atoms with E-state index in [9.17, 15) is 15.0 Å². The summed E-state index contributed by atoms with van der Waals surface area (Å²) in [5.74, 6) is 0.203. The molecule has 3 saturated heterocycles. The van der Waals surface area contributed by atoms with Gasteiger partial charge in [0.25, 0.3) is 0 Å². The summed E-state index contributed by atoms with van der Waals surface area (Å²) in [6.45, 7) is 0.202. The van der Waals surface area contributed by atoms with Crippen LogP contribution in [0, 0.1) is 11.8 Å². The molecule has 10 atom stereocenters. The second-order valence-electron chi connectivity index (χ2n) is 12.3. The quantitative estimate of drug-likeness (QED) is 0.357. The predicted octanol–water partition coefficient (Wildman–Crippen LogP) is 2.99. The van der Waals surface area contributed by atoms with E-state index in [-0.39, 0.29) is 20.0 Å². The van der Waals surface area contributed by atoms with Gasteiger partial charge in [0.1, 0.15) is 24.4 Å². The molecular weight excluding hydrogens is 628 g/mol. The molecule has 3 aromatic carbocycles. The first-order valence-electron chi connectivity index (χ1n) is 15.8. The SMILES string of the molecule is COc1cc([C@@H]2c3cc4c(cc3[C@@H](O[C@H]3O[C@H]5CO[C@H](c6ccccc6)O[C@@H]5[C@@H](O)[C@H]3O)[C@H]3COC(=O)[C@H]23)OCO4)cc(OC)c1OC. The number of rotatable bonds is 7. The number of carbonyl (C=O) groups is 1. The Bertz CT molecular complexity index is 1650. The van der Waals surface area contributed by atoms with Gasteiger partial charge in [-0.3, -0.25) is 4.79 Å². The van der Waals surface area contributed by atoms with E-state index in [1.807, 2.05) is 54.6 Å². The molecule has 1 aliphatic carbocycles. The summed E-state index contributed by atoms with van der Waals surface area (Å²) in [7, 11) is 4.59. The summed E-state index contributed by atoms with van der Waals surface area (Å²) in [4.78, 5) is 13.6. The van der Waals surface area contributed by atoms with Crippen LogP contribution >= 0.6 is 0 Å². The van der Waals surface area contributed by atoms with Gasteiger partial charge in [0, 0.05) is 17.4 Å². The lowest BCUT2D eigenvalue weighted by atomic mass is 9.66. The smallest absolute Gasteiger partial charge is 0.310 e. The zero-order valence-electron chi connectivity index (χ0n) is 26.5. The van der Waals surface area contributed by atoms with Crippen LogP contribution in [0.3, 0.4) is 0 Å². The minimum Gasteiger partial charge on any atom is -0.493 e. The summed E-state index contributed by atoms with van der Waals surface area (Å²) in [6, 6.07) is 16.7. The Morgan fingerprint density at radius 1 is 0.771 bits per heavy atom. The van der Waals surface area contributed by atoms with Gasteiger partial charge < -0.3 is 57.6 Å². The van der Waals surface area contributed by atoms with Crippen LogP contribution < -0.4 is 23.7 Å². The van der Waals surface area contributed by atoms with Gasteiger partial charge in [-0.1, -0.05) is 30.3 Å². The van der Waals surface area contributed by atoms with Gasteiger partial charge in [0.2, 0.25) is 12.5 Å². The third kappa shape index (κ3) is 5.04. The number of fused-ring (bicyclic) bond motifs is 4. The highest BCUT2D eigenvalue weighted by molar-refractivity contribution is 5.79. The number of aliphatic hydroxyl groups excluding tert-OH is 2. The first-order valence-corrected chi connectivity index (χ1v) is 15.8. The van der Waals surface area contributed by atoms with Gasteiger partial charge in [-0.25, -0.2) is 0 Å². The number of hydrogen-bond donors (Lipinski definition) is 2. The molecule has 0 saturated carbocycles. The molecule has 4 heterocycles. The Hall–Kier alpha value is -4.11. The minimum atomic E-state index is -1.47. The number of benzene rings is 3. The molecule has 48 heavy (non-hydrogen) atoms. The molecule has 3 aromatic rings. The normalized spacial score (nSPS) is 33.2. The topological polar surface area (TPSA) is 150 Å². The Morgan fingerprint density at radius 2 is 1.48 bits per heavy atom. The fourth-order valence-electron chi connectivity index (χ4n) is 7.58. The molecule has 0 spiro atoms. The molecule has 5 aliphatic rings. The van der Waals surface area contributed by atoms with Gasteiger partial charge in [0.05, 0.1) is 46.6 Å². The maximum Gasteiger partial charge on any atom is 0.310 e. The van der Waals surface area contributed by atoms with Gasteiger partial charge >= 0.3 is 5.97 Å². The van der Waals surface area contributed by atoms with E-state index in [1.165, 1.54) is 21.3 Å². The van der Waals surface area contributed by atoms with E-state index in [1.54, 1.807) is 0 Å². The Labute approximate surface area is 276 Å². The second kappa shape index (κ2) is 12.4. The molecule has 4 aliphatic heterocycles. The molecule has 3 fully saturated rings. The highest BCUT2D eigenvalue weighted by Gasteiger charge is 2.56. The lowest BCUT2D eigenvalue weighted by molar-refractivity contribution is -0.369. The highest BCUT2D eigenvalue weighted by Crippen LogP contribution is 2.57. The molecule has 2 N–H and O–H groups in total. The summed E-state index contributed by atoms with van der Waals surface area (Å²) in [5, 5.41) is 22.6. The van der Waals surface area contributed by atoms with Crippen molar-refractivity contribution in [3.8, 4) is 28.7 Å². The zero-order valence-corrected chi connectivity index (χ0v) is 26.5. The lowest BCUT2D eigenvalue weighted by Crippen LogP contribution is -2.62. The molecule has 254 valence electrons. The lowest BCUT2D eigenvalue weighted by Gasteiger charge is -2.48. The van der Waals surface area contributed by atoms with Crippen molar-refractivity contribution < 1.29 is 62.4 Å². The average molecular weight is 665 g/mol. The Morgan fingerprint density at radius 3 is 2.17 bits per heavy atom. The van der Waals surface area contributed by atoms with E-state index in [2.05, 4.69) is 0 Å². The van der Waals surface area contributed by atoms with Crippen LogP contribution in [0.1, 0.15) is 40.6 Å². The molecule has 13 heteroatoms. The van der Waals surface area contributed by atoms with Crippen molar-refractivity contribution in [1.82, 2.24) is 0 Å². The molecule has 13 nitrogen and oxygen atoms in total. The molecule has 0 unspecified atom stereocenters. The van der Waals surface area contributed by atoms with Crippen molar-refractivity contribution in [1.29, 1.82) is 0 Å². The van der Waals surface area contributed by atoms with Gasteiger partial charge in [-0.05, 0) is 41.0 Å². The number of esters is 1. The van der Waals surface area contributed by atoms with Crippen LogP contribution in [0.15, 0.2) is 54.6 Å². The number of aliphatic hydroxyl groups is 2. The van der Waals surface area contributed by atoms with E-state index in [4.69, 9.17) is 47.4 Å². The minimum absolute atomic E-state index is 0.0389. The first-order chi connectivity index (χ1) is 23.4. The Kier molecular flexibility index (Phi) is 8.06. The van der Waals surface area contributed by atoms with E-state index in [0.29, 0.717) is 34.3 Å². The van der Waals surface area contributed by atoms with Crippen LogP contribution in [0.5, 0.6) is 28.7 Å². The van der Waals surface area contributed by atoms with Crippen molar-refractivity contribution in [3.05, 3.63) is 76.9 Å². The fourth-order valence-corrected chi connectivity index (χ4v) is 7.58. The van der Waals surface area contributed by atoms with Crippen LogP contribution in [-0.2, 0) is 28.5 Å². The fraction of sp³-hybridized carbons (Fsp3) is 0.457. The third-order valence-corrected chi connectivity index (χ3v) is 9.85. The molecule has 0 radical (unpaired) electrons. The van der Waals surface area contributed by atoms with Crippen molar-refractivity contribution in [3.63, 3.8) is 0 Å². The number of ether oxygens (including phenoxy) is 10. The van der Waals surface area contributed by atoms with Gasteiger partial charge in [-0.2, -0.15) is 0 Å². The van der Waals surface area contributed by atoms with Crippen molar-refractivity contribution in [2.75, 3.05) is 41.3 Å². The summed E-state index contributed by atoms with van der Waals surface area (Å²) in [6.07, 6.45) is -7.19. The summed E-state index contributed by atoms with van der Waals surface area (Å²) < 4.78 is 58.9. The number of cyclic esters (lactones) is 1. The van der Waals surface area contributed by atoms with Crippen LogP contribution in [0.25, 0.3) is 0 Å². The van der Waals surface area contributed by atoms with Gasteiger partial charge in [-0.15, -0.1) is 0 Å². The monoisotopic (exact) mass is 664 g/mol. The van der Waals surface area contributed by atoms with Crippen molar-refractivity contribution in [2.24, 2.45) is 11.8 Å². The molecular formula is C35H36O13. The average Bonchev–Trinajstić information content (AvgIpc) is 3.75. The van der Waals surface area contributed by atoms with Crippen LogP contribution in [0.2, 0.25) is 0 Å². The second-order valence-corrected chi connectivity index (χ2v) is 12.3. The largest absolute Gasteiger partial charge is 0.493 e. The van der Waals surface area contributed by atoms with Crippen LogP contribution in [0.4, 0.5) is 0 Å². The van der Waals surface area contributed by atoms with E-state index < -0.39 is 66.8 Å². The first kappa shape index (κ1) is 31.2. The van der Waals surface area contributed by atoms with E-state index in [0.717, 1.165) is 16.7 Å². The van der Waals surface area contributed by atoms with Crippen molar-refractivity contribution in [2.45, 2.75) is 49.0 Å². The maximum atomic E-state index is 13.6. The van der Waals surface area contributed by atoms with E-state index >= 15 is 0 Å². The van der Waals surface area contributed by atoms with Crippen LogP contribution in [-0.4, -0.2) is 88.2 Å². The molecule has 0 aromatic heterocycles. The number of methoxy groups -OCH3 is 3. The van der Waals surface area contributed by atoms with Crippen molar-refractivity contribution >= 4 is 5.97 Å². The highest BCUT2D eigenvalue weighted by atomic mass is 16.8.